The lowest BCUT2D eigenvalue weighted by atomic mass is 10.0. The first-order valence-electron chi connectivity index (χ1n) is 5.19. The standard InChI is InChI=1S/C13H5F5O2/c14-8-7(9(15)11(17)12(18)10(8)16)5-2-1-3-6(4-5)13(19)20/h1-4H,(H,19,20). The first-order valence-corrected chi connectivity index (χ1v) is 5.19. The largest absolute Gasteiger partial charge is 0.478 e. The average molecular weight is 288 g/mol. The van der Waals surface area contributed by atoms with Gasteiger partial charge < -0.3 is 5.11 Å². The van der Waals surface area contributed by atoms with Gasteiger partial charge in [0.2, 0.25) is 5.82 Å². The number of hydrogen-bond acceptors (Lipinski definition) is 1. The summed E-state index contributed by atoms with van der Waals surface area (Å²) < 4.78 is 66.1. The second kappa shape index (κ2) is 4.92. The highest BCUT2D eigenvalue weighted by Gasteiger charge is 2.26. The lowest BCUT2D eigenvalue weighted by Crippen LogP contribution is -2.04. The zero-order valence-electron chi connectivity index (χ0n) is 9.55. The van der Waals surface area contributed by atoms with Crippen molar-refractivity contribution in [1.29, 1.82) is 0 Å². The van der Waals surface area contributed by atoms with E-state index in [1.165, 1.54) is 0 Å². The van der Waals surface area contributed by atoms with E-state index in [1.54, 1.807) is 0 Å². The molecule has 0 amide bonds. The number of carboxylic acids is 1. The van der Waals surface area contributed by atoms with E-state index in [1.807, 2.05) is 0 Å². The first kappa shape index (κ1) is 14.0. The molecule has 2 rings (SSSR count). The maximum Gasteiger partial charge on any atom is 0.335 e. The van der Waals surface area contributed by atoms with Crippen LogP contribution in [0.25, 0.3) is 11.1 Å². The van der Waals surface area contributed by atoms with Gasteiger partial charge in [0, 0.05) is 0 Å². The van der Waals surface area contributed by atoms with Gasteiger partial charge in [0.1, 0.15) is 0 Å². The minimum absolute atomic E-state index is 0.341. The van der Waals surface area contributed by atoms with Crippen LogP contribution >= 0.6 is 0 Å². The van der Waals surface area contributed by atoms with Crippen molar-refractivity contribution in [3.63, 3.8) is 0 Å². The summed E-state index contributed by atoms with van der Waals surface area (Å²) in [6.45, 7) is 0. The summed E-state index contributed by atoms with van der Waals surface area (Å²) in [7, 11) is 0. The highest BCUT2D eigenvalue weighted by Crippen LogP contribution is 2.31. The highest BCUT2D eigenvalue weighted by molar-refractivity contribution is 5.89. The summed E-state index contributed by atoms with van der Waals surface area (Å²) in [6.07, 6.45) is 0. The Labute approximate surface area is 109 Å². The van der Waals surface area contributed by atoms with Crippen LogP contribution < -0.4 is 0 Å². The van der Waals surface area contributed by atoms with Crippen LogP contribution in [0.3, 0.4) is 0 Å². The Morgan fingerprint density at radius 3 is 1.85 bits per heavy atom. The van der Waals surface area contributed by atoms with E-state index in [0.29, 0.717) is 0 Å². The Hall–Kier alpha value is -2.44. The Balaban J connectivity index is 2.76. The SMILES string of the molecule is O=C(O)c1cccc(-c2c(F)c(F)c(F)c(F)c2F)c1. The van der Waals surface area contributed by atoms with E-state index in [9.17, 15) is 26.7 Å². The van der Waals surface area contributed by atoms with Crippen LogP contribution in [0.4, 0.5) is 22.0 Å². The molecule has 0 aromatic heterocycles. The summed E-state index contributed by atoms with van der Waals surface area (Å²) in [5.74, 6) is -11.8. The molecule has 0 atom stereocenters. The van der Waals surface area contributed by atoms with Crippen LogP contribution in [0.1, 0.15) is 10.4 Å². The molecule has 2 nitrogen and oxygen atoms in total. The molecule has 0 saturated heterocycles. The molecule has 0 saturated carbocycles. The second-order valence-corrected chi connectivity index (χ2v) is 3.83. The predicted octanol–water partition coefficient (Wildman–Crippen LogP) is 3.75. The molecular weight excluding hydrogens is 283 g/mol. The van der Waals surface area contributed by atoms with Gasteiger partial charge >= 0.3 is 5.97 Å². The lowest BCUT2D eigenvalue weighted by molar-refractivity contribution is 0.0697. The zero-order valence-corrected chi connectivity index (χ0v) is 9.55. The van der Waals surface area contributed by atoms with E-state index >= 15 is 0 Å². The van der Waals surface area contributed by atoms with Gasteiger partial charge in [0.15, 0.2) is 23.3 Å². The van der Waals surface area contributed by atoms with Gasteiger partial charge in [-0.15, -0.1) is 0 Å². The zero-order chi connectivity index (χ0) is 15.0. The summed E-state index contributed by atoms with van der Waals surface area (Å²) in [4.78, 5) is 10.7. The molecule has 104 valence electrons. The minimum atomic E-state index is -2.27. The van der Waals surface area contributed by atoms with Crippen molar-refractivity contribution < 1.29 is 31.9 Å². The third kappa shape index (κ3) is 2.11. The van der Waals surface area contributed by atoms with Gasteiger partial charge in [0.25, 0.3) is 0 Å². The van der Waals surface area contributed by atoms with Crippen LogP contribution in [0.5, 0.6) is 0 Å². The van der Waals surface area contributed by atoms with Crippen LogP contribution in [-0.2, 0) is 0 Å². The maximum absolute atomic E-state index is 13.6. The Bertz CT molecular complexity index is 683. The normalized spacial score (nSPS) is 10.7. The fourth-order valence-corrected chi connectivity index (χ4v) is 1.67. The number of rotatable bonds is 2. The van der Waals surface area contributed by atoms with Crippen LogP contribution in [0, 0.1) is 29.1 Å². The molecule has 0 spiro atoms. The van der Waals surface area contributed by atoms with Gasteiger partial charge in [-0.2, -0.15) is 0 Å². The van der Waals surface area contributed by atoms with Crippen molar-refractivity contribution in [2.24, 2.45) is 0 Å². The first-order chi connectivity index (χ1) is 9.34. The van der Waals surface area contributed by atoms with Crippen molar-refractivity contribution >= 4 is 5.97 Å². The number of carbonyl (C=O) groups is 1. The van der Waals surface area contributed by atoms with Crippen LogP contribution in [0.2, 0.25) is 0 Å². The molecule has 0 unspecified atom stereocenters. The van der Waals surface area contributed by atoms with E-state index in [-0.39, 0.29) is 5.56 Å². The highest BCUT2D eigenvalue weighted by atomic mass is 19.2. The quantitative estimate of drug-likeness (QED) is 0.519. The monoisotopic (exact) mass is 288 g/mol. The fourth-order valence-electron chi connectivity index (χ4n) is 1.67. The van der Waals surface area contributed by atoms with Gasteiger partial charge in [-0.3, -0.25) is 0 Å². The number of hydrogen-bond donors (Lipinski definition) is 1. The minimum Gasteiger partial charge on any atom is -0.478 e. The van der Waals surface area contributed by atoms with E-state index in [4.69, 9.17) is 5.11 Å². The Morgan fingerprint density at radius 1 is 0.850 bits per heavy atom. The molecule has 2 aromatic rings. The van der Waals surface area contributed by atoms with E-state index in [2.05, 4.69) is 0 Å². The van der Waals surface area contributed by atoms with Crippen molar-refractivity contribution in [3.05, 3.63) is 58.9 Å². The van der Waals surface area contributed by atoms with Gasteiger partial charge in [-0.05, 0) is 17.7 Å². The third-order valence-electron chi connectivity index (χ3n) is 2.61. The molecule has 0 radical (unpaired) electrons. The van der Waals surface area contributed by atoms with E-state index in [0.717, 1.165) is 24.3 Å². The Morgan fingerprint density at radius 2 is 1.35 bits per heavy atom. The molecule has 0 fully saturated rings. The molecule has 1 N–H and O–H groups in total. The fraction of sp³-hybridized carbons (Fsp3) is 0. The maximum atomic E-state index is 13.6. The summed E-state index contributed by atoms with van der Waals surface area (Å²) in [5, 5.41) is 8.75. The predicted molar refractivity (Wildman–Crippen MR) is 58.6 cm³/mol. The number of benzene rings is 2. The number of aromatic carboxylic acids is 1. The molecule has 0 aliphatic rings. The van der Waals surface area contributed by atoms with Gasteiger partial charge in [-0.25, -0.2) is 26.7 Å². The molecule has 0 aliphatic heterocycles. The second-order valence-electron chi connectivity index (χ2n) is 3.83. The molecule has 2 aromatic carbocycles. The molecule has 20 heavy (non-hydrogen) atoms. The summed E-state index contributed by atoms with van der Waals surface area (Å²) >= 11 is 0. The van der Waals surface area contributed by atoms with Crippen molar-refractivity contribution in [2.75, 3.05) is 0 Å². The molecule has 0 aliphatic carbocycles. The summed E-state index contributed by atoms with van der Waals surface area (Å²) in [5.41, 5.74) is -1.92. The number of halogens is 5. The van der Waals surface area contributed by atoms with Crippen molar-refractivity contribution in [1.82, 2.24) is 0 Å². The molecule has 7 heteroatoms. The Kier molecular flexibility index (Phi) is 3.44. The molecule has 0 bridgehead atoms. The summed E-state index contributed by atoms with van der Waals surface area (Å²) in [6, 6.07) is 4.13. The van der Waals surface area contributed by atoms with Gasteiger partial charge in [-0.1, -0.05) is 12.1 Å². The average Bonchev–Trinajstić information content (AvgIpc) is 2.43. The van der Waals surface area contributed by atoms with Crippen molar-refractivity contribution in [3.8, 4) is 11.1 Å². The van der Waals surface area contributed by atoms with Crippen LogP contribution in [-0.4, -0.2) is 11.1 Å². The smallest absolute Gasteiger partial charge is 0.335 e. The topological polar surface area (TPSA) is 37.3 Å². The van der Waals surface area contributed by atoms with E-state index < -0.39 is 46.2 Å². The number of carboxylic acid groups (broad SMARTS) is 1. The van der Waals surface area contributed by atoms with Crippen LogP contribution in [0.15, 0.2) is 24.3 Å². The third-order valence-corrected chi connectivity index (χ3v) is 2.61. The molecular formula is C13H5F5O2. The lowest BCUT2D eigenvalue weighted by Gasteiger charge is -2.09. The molecule has 0 heterocycles. The van der Waals surface area contributed by atoms with Gasteiger partial charge in [0.05, 0.1) is 11.1 Å². The van der Waals surface area contributed by atoms with Crippen molar-refractivity contribution in [2.45, 2.75) is 0 Å².